The Labute approximate surface area is 194 Å². The molecule has 3 aromatic rings. The number of amides is 1. The van der Waals surface area contributed by atoms with E-state index in [0.29, 0.717) is 11.8 Å². The van der Waals surface area contributed by atoms with Crippen LogP contribution in [0.5, 0.6) is 5.75 Å². The third kappa shape index (κ3) is 6.31. The van der Waals surface area contributed by atoms with Gasteiger partial charge in [0.05, 0.1) is 24.6 Å². The molecule has 0 radical (unpaired) electrons. The number of hydrogen-bond donors (Lipinski definition) is 1. The van der Waals surface area contributed by atoms with Crippen LogP contribution in [0.2, 0.25) is 0 Å². The monoisotopic (exact) mass is 493 g/mol. The molecule has 0 spiro atoms. The molecule has 34 heavy (non-hydrogen) atoms. The van der Waals surface area contributed by atoms with Gasteiger partial charge in [-0.25, -0.2) is 18.4 Å². The largest absolute Gasteiger partial charge is 0.497 e. The molecule has 0 aliphatic heterocycles. The van der Waals surface area contributed by atoms with Crippen molar-refractivity contribution >= 4 is 15.7 Å². The Balaban J connectivity index is 1.82. The summed E-state index contributed by atoms with van der Waals surface area (Å²) in [6, 6.07) is 15.3. The molecule has 7 nitrogen and oxygen atoms in total. The van der Waals surface area contributed by atoms with Crippen molar-refractivity contribution < 1.29 is 31.1 Å². The van der Waals surface area contributed by atoms with E-state index in [1.54, 1.807) is 31.2 Å². The summed E-state index contributed by atoms with van der Waals surface area (Å²) in [4.78, 5) is 19.4. The fourth-order valence-electron chi connectivity index (χ4n) is 3.08. The SMILES string of the molecule is COc1ccc(-c2cc(C(F)(F)F)nc(S(=O)(=O)CCC(=O)N[C@H](C)c3ccccc3)n2)cc1. The summed E-state index contributed by atoms with van der Waals surface area (Å²) < 4.78 is 70.8. The van der Waals surface area contributed by atoms with Crippen LogP contribution in [0.4, 0.5) is 13.2 Å². The van der Waals surface area contributed by atoms with Crippen LogP contribution in [0.1, 0.15) is 30.6 Å². The average molecular weight is 494 g/mol. The zero-order valence-electron chi connectivity index (χ0n) is 18.3. The summed E-state index contributed by atoms with van der Waals surface area (Å²) in [6.07, 6.45) is -5.35. The van der Waals surface area contributed by atoms with Gasteiger partial charge >= 0.3 is 6.18 Å². The first-order valence-corrected chi connectivity index (χ1v) is 11.8. The summed E-state index contributed by atoms with van der Waals surface area (Å²) in [5.74, 6) is -0.844. The van der Waals surface area contributed by atoms with E-state index in [0.717, 1.165) is 5.56 Å². The van der Waals surface area contributed by atoms with Crippen LogP contribution in [0, 0.1) is 0 Å². The molecule has 0 aliphatic rings. The number of aromatic nitrogens is 2. The summed E-state index contributed by atoms with van der Waals surface area (Å²) in [5, 5.41) is 1.68. The van der Waals surface area contributed by atoms with Gasteiger partial charge in [-0.3, -0.25) is 4.79 Å². The number of hydrogen-bond acceptors (Lipinski definition) is 6. The maximum absolute atomic E-state index is 13.4. The summed E-state index contributed by atoms with van der Waals surface area (Å²) in [6.45, 7) is 1.73. The van der Waals surface area contributed by atoms with Gasteiger partial charge in [-0.1, -0.05) is 30.3 Å². The van der Waals surface area contributed by atoms with Gasteiger partial charge in [0.1, 0.15) is 11.4 Å². The van der Waals surface area contributed by atoms with Crippen molar-refractivity contribution in [3.63, 3.8) is 0 Å². The van der Waals surface area contributed by atoms with Crippen molar-refractivity contribution in [2.24, 2.45) is 0 Å². The fraction of sp³-hybridized carbons (Fsp3) is 0.261. The summed E-state index contributed by atoms with van der Waals surface area (Å²) >= 11 is 0. The molecule has 11 heteroatoms. The molecular formula is C23H22F3N3O4S. The maximum Gasteiger partial charge on any atom is 0.433 e. The smallest absolute Gasteiger partial charge is 0.433 e. The molecule has 1 aromatic heterocycles. The normalized spacial score (nSPS) is 12.7. The molecule has 2 aromatic carbocycles. The number of methoxy groups -OCH3 is 1. The zero-order valence-corrected chi connectivity index (χ0v) is 19.2. The van der Waals surface area contributed by atoms with Gasteiger partial charge in [0.25, 0.3) is 0 Å². The minimum absolute atomic E-state index is 0.217. The lowest BCUT2D eigenvalue weighted by Gasteiger charge is -2.14. The Morgan fingerprint density at radius 3 is 2.29 bits per heavy atom. The highest BCUT2D eigenvalue weighted by Crippen LogP contribution is 2.31. The van der Waals surface area contributed by atoms with Crippen LogP contribution in [0.3, 0.4) is 0 Å². The van der Waals surface area contributed by atoms with Gasteiger partial charge in [-0.15, -0.1) is 0 Å². The van der Waals surface area contributed by atoms with E-state index in [4.69, 9.17) is 4.74 Å². The van der Waals surface area contributed by atoms with Crippen molar-refractivity contribution in [2.45, 2.75) is 30.7 Å². The Bertz CT molecular complexity index is 1250. The topological polar surface area (TPSA) is 98.2 Å². The number of carbonyl (C=O) groups excluding carboxylic acids is 1. The number of alkyl halides is 3. The van der Waals surface area contributed by atoms with Crippen LogP contribution in [-0.2, 0) is 20.8 Å². The zero-order chi connectivity index (χ0) is 24.9. The Morgan fingerprint density at radius 1 is 1.06 bits per heavy atom. The quantitative estimate of drug-likeness (QED) is 0.472. The van der Waals surface area contributed by atoms with Gasteiger partial charge < -0.3 is 10.1 Å². The number of sulfone groups is 1. The molecule has 0 aliphatic carbocycles. The Kier molecular flexibility index (Phi) is 7.55. The van der Waals surface area contributed by atoms with Crippen molar-refractivity contribution in [3.8, 4) is 17.0 Å². The number of carbonyl (C=O) groups is 1. The van der Waals surface area contributed by atoms with Gasteiger partial charge in [0, 0.05) is 12.0 Å². The lowest BCUT2D eigenvalue weighted by Crippen LogP contribution is -2.28. The molecule has 0 bridgehead atoms. The first-order chi connectivity index (χ1) is 16.0. The number of halogens is 3. The Hall–Kier alpha value is -3.47. The van der Waals surface area contributed by atoms with Crippen molar-refractivity contribution in [1.29, 1.82) is 0 Å². The molecule has 1 heterocycles. The second-order valence-electron chi connectivity index (χ2n) is 7.42. The highest BCUT2D eigenvalue weighted by Gasteiger charge is 2.35. The minimum Gasteiger partial charge on any atom is -0.497 e. The average Bonchev–Trinajstić information content (AvgIpc) is 2.82. The number of benzene rings is 2. The first kappa shape index (κ1) is 25.2. The van der Waals surface area contributed by atoms with E-state index in [-0.39, 0.29) is 17.3 Å². The molecule has 0 saturated carbocycles. The minimum atomic E-state index is -4.89. The Morgan fingerprint density at radius 2 is 1.71 bits per heavy atom. The number of nitrogens with one attached hydrogen (secondary N) is 1. The van der Waals surface area contributed by atoms with Gasteiger partial charge in [0.15, 0.2) is 0 Å². The first-order valence-electron chi connectivity index (χ1n) is 10.2. The fourth-order valence-corrected chi connectivity index (χ4v) is 4.19. The van der Waals surface area contributed by atoms with E-state index < -0.39 is 44.9 Å². The van der Waals surface area contributed by atoms with E-state index in [1.165, 1.54) is 31.4 Å². The molecule has 0 saturated heterocycles. The molecular weight excluding hydrogens is 471 g/mol. The highest BCUT2D eigenvalue weighted by atomic mass is 32.2. The van der Waals surface area contributed by atoms with Crippen molar-refractivity contribution in [1.82, 2.24) is 15.3 Å². The molecule has 1 atom stereocenters. The number of nitrogens with zero attached hydrogens (tertiary/aromatic N) is 2. The van der Waals surface area contributed by atoms with Crippen molar-refractivity contribution in [2.75, 3.05) is 12.9 Å². The lowest BCUT2D eigenvalue weighted by molar-refractivity contribution is -0.141. The van der Waals surface area contributed by atoms with Crippen LogP contribution >= 0.6 is 0 Å². The second kappa shape index (κ2) is 10.2. The van der Waals surface area contributed by atoms with E-state index in [9.17, 15) is 26.4 Å². The van der Waals surface area contributed by atoms with Crippen molar-refractivity contribution in [3.05, 3.63) is 71.9 Å². The van der Waals surface area contributed by atoms with Crippen LogP contribution in [-0.4, -0.2) is 37.2 Å². The van der Waals surface area contributed by atoms with E-state index >= 15 is 0 Å². The van der Waals surface area contributed by atoms with Gasteiger partial charge in [0.2, 0.25) is 20.9 Å². The molecule has 3 rings (SSSR count). The number of ether oxygens (including phenoxy) is 1. The number of rotatable bonds is 8. The molecule has 0 unspecified atom stereocenters. The second-order valence-corrected chi connectivity index (χ2v) is 9.42. The van der Waals surface area contributed by atoms with Crippen LogP contribution in [0.15, 0.2) is 65.8 Å². The lowest BCUT2D eigenvalue weighted by atomic mass is 10.1. The molecule has 180 valence electrons. The third-order valence-electron chi connectivity index (χ3n) is 4.93. The predicted molar refractivity (Wildman–Crippen MR) is 119 cm³/mol. The van der Waals surface area contributed by atoms with Gasteiger partial charge in [-0.2, -0.15) is 13.2 Å². The van der Waals surface area contributed by atoms with Gasteiger partial charge in [-0.05, 0) is 42.8 Å². The van der Waals surface area contributed by atoms with E-state index in [2.05, 4.69) is 15.3 Å². The van der Waals surface area contributed by atoms with E-state index in [1.807, 2.05) is 6.07 Å². The summed E-state index contributed by atoms with van der Waals surface area (Å²) in [5.41, 5.74) is -0.539. The molecule has 0 fully saturated rings. The predicted octanol–water partition coefficient (Wildman–Crippen LogP) is 4.21. The summed E-state index contributed by atoms with van der Waals surface area (Å²) in [7, 11) is -2.96. The third-order valence-corrected chi connectivity index (χ3v) is 6.42. The highest BCUT2D eigenvalue weighted by molar-refractivity contribution is 7.91. The maximum atomic E-state index is 13.4. The molecule has 1 N–H and O–H groups in total. The standard InChI is InChI=1S/C23H22F3N3O4S/c1-15(16-6-4-3-5-7-16)27-21(30)12-13-34(31,32)22-28-19(14-20(29-22)23(24,25)26)17-8-10-18(33-2)11-9-17/h3-11,14-15H,12-13H2,1-2H3,(H,27,30)/t15-/m1/s1. The van der Waals surface area contributed by atoms with Crippen LogP contribution < -0.4 is 10.1 Å². The molecule has 1 amide bonds. The van der Waals surface area contributed by atoms with Crippen LogP contribution in [0.25, 0.3) is 11.3 Å².